The van der Waals surface area contributed by atoms with E-state index < -0.39 is 75.0 Å². The molecule has 0 saturated carbocycles. The summed E-state index contributed by atoms with van der Waals surface area (Å²) in [5, 5.41) is 55.4. The van der Waals surface area contributed by atoms with Gasteiger partial charge in [-0.25, -0.2) is 28.8 Å². The van der Waals surface area contributed by atoms with Crippen molar-refractivity contribution in [3.05, 3.63) is 232 Å². The molecule has 5 N–H and O–H groups in total. The maximum absolute atomic E-state index is 13.2. The van der Waals surface area contributed by atoms with Crippen molar-refractivity contribution in [1.29, 1.82) is 0 Å². The number of aromatic carboxylic acids is 1. The molecule has 342 valence electrons. The Bertz CT molecular complexity index is 3950. The minimum Gasteiger partial charge on any atom is -0.507 e. The van der Waals surface area contributed by atoms with Crippen LogP contribution in [-0.2, 0) is 4.74 Å². The lowest BCUT2D eigenvalue weighted by atomic mass is 9.85. The zero-order valence-corrected chi connectivity index (χ0v) is 35.7. The van der Waals surface area contributed by atoms with Crippen LogP contribution in [0.2, 0.25) is 0 Å². The fourth-order valence-corrected chi connectivity index (χ4v) is 8.45. The molecule has 10 aromatic rings. The van der Waals surface area contributed by atoms with E-state index in [2.05, 4.69) is 0 Å². The highest BCUT2D eigenvalue weighted by molar-refractivity contribution is 5.94. The van der Waals surface area contributed by atoms with Crippen molar-refractivity contribution >= 4 is 55.4 Å². The third kappa shape index (κ3) is 7.76. The lowest BCUT2D eigenvalue weighted by Gasteiger charge is -2.21. The monoisotopic (exact) mass is 926 g/mol. The number of aromatic hydroxyl groups is 4. The summed E-state index contributed by atoms with van der Waals surface area (Å²) in [7, 11) is 1.20. The van der Waals surface area contributed by atoms with Gasteiger partial charge >= 0.3 is 34.4 Å². The van der Waals surface area contributed by atoms with Crippen LogP contribution in [0, 0.1) is 0 Å². The van der Waals surface area contributed by atoms with E-state index >= 15 is 0 Å². The van der Waals surface area contributed by atoms with E-state index in [9.17, 15) is 54.3 Å². The van der Waals surface area contributed by atoms with Crippen molar-refractivity contribution in [2.24, 2.45) is 0 Å². The molecule has 0 spiro atoms. The van der Waals surface area contributed by atoms with Crippen LogP contribution in [0.3, 0.4) is 0 Å². The van der Waals surface area contributed by atoms with Gasteiger partial charge in [0.2, 0.25) is 0 Å². The second-order valence-corrected chi connectivity index (χ2v) is 15.4. The Labute approximate surface area is 386 Å². The van der Waals surface area contributed by atoms with Crippen LogP contribution in [0.5, 0.6) is 23.0 Å². The van der Waals surface area contributed by atoms with Crippen LogP contribution >= 0.6 is 0 Å². The molecule has 2 unspecified atom stereocenters. The molecular formula is C53H34O16. The molecule has 0 radical (unpaired) electrons. The summed E-state index contributed by atoms with van der Waals surface area (Å²) in [6.45, 7) is 0. The van der Waals surface area contributed by atoms with Crippen molar-refractivity contribution in [2.45, 2.75) is 11.8 Å². The molecule has 69 heavy (non-hydrogen) atoms. The molecule has 16 heteroatoms. The van der Waals surface area contributed by atoms with Gasteiger partial charge in [0, 0.05) is 10.8 Å². The summed E-state index contributed by atoms with van der Waals surface area (Å²) in [5.74, 6) is -7.41. The second-order valence-electron chi connectivity index (χ2n) is 15.4. The number of methoxy groups -OCH3 is 1. The Morgan fingerprint density at radius 2 is 0.768 bits per heavy atom. The third-order valence-corrected chi connectivity index (χ3v) is 11.6. The van der Waals surface area contributed by atoms with Crippen molar-refractivity contribution in [2.75, 3.05) is 7.11 Å². The summed E-state index contributed by atoms with van der Waals surface area (Å²) in [6.07, 6.45) is 0. The first-order chi connectivity index (χ1) is 33.3. The number of carboxylic acid groups (broad SMARTS) is 1. The minimum absolute atomic E-state index is 0.0154. The molecule has 0 aliphatic carbocycles. The number of rotatable bonds is 8. The summed E-state index contributed by atoms with van der Waals surface area (Å²) >= 11 is 0. The predicted molar refractivity (Wildman–Crippen MR) is 250 cm³/mol. The van der Waals surface area contributed by atoms with Gasteiger partial charge in [0.25, 0.3) is 0 Å². The second kappa shape index (κ2) is 17.9. The van der Waals surface area contributed by atoms with Crippen molar-refractivity contribution in [3.63, 3.8) is 0 Å². The van der Waals surface area contributed by atoms with Gasteiger partial charge in [-0.15, -0.1) is 0 Å². The summed E-state index contributed by atoms with van der Waals surface area (Å²) in [4.78, 5) is 76.5. The van der Waals surface area contributed by atoms with E-state index in [1.807, 2.05) is 0 Å². The summed E-state index contributed by atoms with van der Waals surface area (Å²) < 4.78 is 26.7. The van der Waals surface area contributed by atoms with Crippen LogP contribution < -0.4 is 22.5 Å². The van der Waals surface area contributed by atoms with E-state index in [-0.39, 0.29) is 82.6 Å². The van der Waals surface area contributed by atoms with Crippen molar-refractivity contribution in [3.8, 4) is 23.0 Å². The molecule has 6 aromatic carbocycles. The van der Waals surface area contributed by atoms with Gasteiger partial charge in [-0.2, -0.15) is 0 Å². The molecular weight excluding hydrogens is 893 g/mol. The van der Waals surface area contributed by atoms with Crippen LogP contribution in [0.1, 0.15) is 66.3 Å². The lowest BCUT2D eigenvalue weighted by Crippen LogP contribution is -2.20. The maximum atomic E-state index is 13.2. The Morgan fingerprint density at radius 3 is 1.19 bits per heavy atom. The largest absolute Gasteiger partial charge is 0.507 e. The normalized spacial score (nSPS) is 12.1. The average molecular weight is 927 g/mol. The number of hydrogen-bond acceptors (Lipinski definition) is 15. The van der Waals surface area contributed by atoms with Gasteiger partial charge < -0.3 is 47.9 Å². The number of esters is 1. The molecule has 0 fully saturated rings. The molecule has 16 nitrogen and oxygen atoms in total. The third-order valence-electron chi connectivity index (χ3n) is 11.6. The number of carbonyl (C=O) groups excluding carboxylic acids is 1. The van der Waals surface area contributed by atoms with E-state index in [4.69, 9.17) is 22.4 Å². The van der Waals surface area contributed by atoms with Crippen molar-refractivity contribution in [1.82, 2.24) is 0 Å². The van der Waals surface area contributed by atoms with E-state index in [1.54, 1.807) is 66.7 Å². The standard InChI is InChI=1S/C27H18O8.C26H16O8/c1-33-25(30)16-10-4-2-8-14(16)20(21-22(28)18-12-6-7-13-19(18)34-27(21)32)24-23(29)15-9-3-5-11-17(15)26(31)35-24;27-21-17-11-5-6-12-18(17)33-26(32)20(21)19(13-7-1-3-9-15(13)24(29)30)23-22(28)14-8-2-4-10-16(14)25(31)34-23/h2-13,20,28-29H,1H3;1-12,19,27-28H,(H,29,30). The molecule has 10 rings (SSSR count). The number of hydrogen-bond donors (Lipinski definition) is 5. The van der Waals surface area contributed by atoms with Gasteiger partial charge in [-0.05, 0) is 59.7 Å². The van der Waals surface area contributed by atoms with E-state index in [0.29, 0.717) is 0 Å². The predicted octanol–water partition coefficient (Wildman–Crippen LogP) is 8.47. The average Bonchev–Trinajstić information content (AvgIpc) is 3.36. The van der Waals surface area contributed by atoms with Gasteiger partial charge in [-0.1, -0.05) is 97.1 Å². The van der Waals surface area contributed by atoms with E-state index in [0.717, 1.165) is 0 Å². The number of carboxylic acids is 1. The maximum Gasteiger partial charge on any atom is 0.344 e. The van der Waals surface area contributed by atoms with Gasteiger partial charge in [0.1, 0.15) is 22.7 Å². The van der Waals surface area contributed by atoms with Crippen LogP contribution in [0.25, 0.3) is 43.5 Å². The molecule has 0 aliphatic rings. The van der Waals surface area contributed by atoms with Crippen LogP contribution in [0.15, 0.2) is 182 Å². The first kappa shape index (κ1) is 44.5. The topological polar surface area (TPSA) is 265 Å². The molecule has 0 saturated heterocycles. The first-order valence-corrected chi connectivity index (χ1v) is 20.8. The SMILES string of the molecule is COC(=O)c1ccccc1C(c1oc(=O)c2ccccc2c1O)c1c(O)c2ccccc2oc1=O.O=C(O)c1ccccc1C(c1oc(=O)c2ccccc2c1O)c1c(O)c2ccccc2oc1=O. The fraction of sp³-hybridized carbons (Fsp3) is 0.0566. The fourth-order valence-electron chi connectivity index (χ4n) is 8.45. The number of para-hydroxylation sites is 2. The number of carbonyl (C=O) groups is 2. The molecule has 0 amide bonds. The Kier molecular flexibility index (Phi) is 11.6. The van der Waals surface area contributed by atoms with Crippen LogP contribution in [0.4, 0.5) is 0 Å². The molecule has 0 aliphatic heterocycles. The smallest absolute Gasteiger partial charge is 0.344 e. The molecule has 4 heterocycles. The van der Waals surface area contributed by atoms with Gasteiger partial charge in [-0.3, -0.25) is 0 Å². The minimum atomic E-state index is -1.47. The number of fused-ring (bicyclic) bond motifs is 4. The molecule has 0 bridgehead atoms. The summed E-state index contributed by atoms with van der Waals surface area (Å²) in [6, 6.07) is 37.0. The Balaban J connectivity index is 0.000000172. The quantitative estimate of drug-likeness (QED) is 0.0706. The van der Waals surface area contributed by atoms with Crippen molar-refractivity contribution < 1.29 is 57.5 Å². The van der Waals surface area contributed by atoms with Crippen LogP contribution in [-0.4, -0.2) is 44.6 Å². The van der Waals surface area contributed by atoms with E-state index in [1.165, 1.54) is 86.0 Å². The molecule has 2 atom stereocenters. The number of benzene rings is 6. The zero-order chi connectivity index (χ0) is 48.7. The highest BCUT2D eigenvalue weighted by atomic mass is 16.5. The van der Waals surface area contributed by atoms with Gasteiger partial charge in [0.15, 0.2) is 23.0 Å². The van der Waals surface area contributed by atoms with Gasteiger partial charge in [0.05, 0.1) is 62.7 Å². The number of ether oxygens (including phenoxy) is 1. The first-order valence-electron chi connectivity index (χ1n) is 20.8. The Hall–Kier alpha value is -9.70. The molecule has 4 aromatic heterocycles. The zero-order valence-electron chi connectivity index (χ0n) is 35.7. The lowest BCUT2D eigenvalue weighted by molar-refractivity contribution is 0.0598. The highest BCUT2D eigenvalue weighted by Gasteiger charge is 2.36. The highest BCUT2D eigenvalue weighted by Crippen LogP contribution is 2.45. The Morgan fingerprint density at radius 1 is 0.420 bits per heavy atom. The summed E-state index contributed by atoms with van der Waals surface area (Å²) in [5.41, 5.74) is -3.90.